The average molecular weight is 283 g/mol. The first kappa shape index (κ1) is 14.4. The Labute approximate surface area is 127 Å². The summed E-state index contributed by atoms with van der Waals surface area (Å²) in [6, 6.07) is 15.4. The van der Waals surface area contributed by atoms with E-state index in [9.17, 15) is 0 Å². The monoisotopic (exact) mass is 283 g/mol. The molecule has 2 nitrogen and oxygen atoms in total. The van der Waals surface area contributed by atoms with Crippen LogP contribution in [-0.2, 0) is 0 Å². The van der Waals surface area contributed by atoms with Gasteiger partial charge in [0.2, 0.25) is 0 Å². The lowest BCUT2D eigenvalue weighted by molar-refractivity contribution is 0.269. The highest BCUT2D eigenvalue weighted by Crippen LogP contribution is 2.30. The van der Waals surface area contributed by atoms with E-state index in [1.54, 1.807) is 6.26 Å². The molecule has 1 fully saturated rings. The van der Waals surface area contributed by atoms with Crippen LogP contribution in [0.25, 0.3) is 0 Å². The van der Waals surface area contributed by atoms with Crippen LogP contribution in [0.15, 0.2) is 53.1 Å². The molecule has 3 rings (SSSR count). The highest BCUT2D eigenvalue weighted by molar-refractivity contribution is 5.26. The second-order valence-corrected chi connectivity index (χ2v) is 6.15. The van der Waals surface area contributed by atoms with Gasteiger partial charge >= 0.3 is 0 Å². The molecule has 0 saturated heterocycles. The maximum absolute atomic E-state index is 5.67. The van der Waals surface area contributed by atoms with Crippen molar-refractivity contribution >= 4 is 0 Å². The normalized spacial score (nSPS) is 23.9. The molecule has 1 aromatic heterocycles. The van der Waals surface area contributed by atoms with Gasteiger partial charge in [0.1, 0.15) is 5.76 Å². The van der Waals surface area contributed by atoms with Crippen LogP contribution in [0.5, 0.6) is 0 Å². The lowest BCUT2D eigenvalue weighted by Crippen LogP contribution is -2.36. The molecule has 2 heteroatoms. The van der Waals surface area contributed by atoms with E-state index in [1.807, 2.05) is 6.07 Å². The van der Waals surface area contributed by atoms with E-state index >= 15 is 0 Å². The summed E-state index contributed by atoms with van der Waals surface area (Å²) in [5, 5.41) is 3.83. The minimum Gasteiger partial charge on any atom is -0.467 e. The molecule has 1 aliphatic carbocycles. The molecule has 1 atom stereocenters. The fourth-order valence-corrected chi connectivity index (χ4v) is 3.42. The number of rotatable bonds is 5. The highest BCUT2D eigenvalue weighted by atomic mass is 16.3. The van der Waals surface area contributed by atoms with Crippen LogP contribution < -0.4 is 5.32 Å². The van der Waals surface area contributed by atoms with Crippen LogP contribution in [-0.4, -0.2) is 6.04 Å². The second-order valence-electron chi connectivity index (χ2n) is 6.15. The van der Waals surface area contributed by atoms with Gasteiger partial charge in [0.15, 0.2) is 0 Å². The fourth-order valence-electron chi connectivity index (χ4n) is 3.42. The standard InChI is InChI=1S/C19H25NO/c1-2-15-10-12-17(13-11-15)20-19(18-9-6-14-21-18)16-7-4-3-5-8-16/h3-9,14-15,17,19-20H,2,10-13H2,1H3. The van der Waals surface area contributed by atoms with Gasteiger partial charge in [-0.3, -0.25) is 0 Å². The quantitative estimate of drug-likeness (QED) is 0.842. The lowest BCUT2D eigenvalue weighted by Gasteiger charge is -2.31. The lowest BCUT2D eigenvalue weighted by atomic mass is 9.84. The van der Waals surface area contributed by atoms with Crippen LogP contribution in [0.4, 0.5) is 0 Å². The molecule has 0 spiro atoms. The van der Waals surface area contributed by atoms with E-state index < -0.39 is 0 Å². The second kappa shape index (κ2) is 6.95. The Hall–Kier alpha value is -1.54. The zero-order valence-corrected chi connectivity index (χ0v) is 12.8. The average Bonchev–Trinajstić information content (AvgIpc) is 3.08. The molecule has 1 heterocycles. The fraction of sp³-hybridized carbons (Fsp3) is 0.474. The van der Waals surface area contributed by atoms with Gasteiger partial charge in [0.25, 0.3) is 0 Å². The highest BCUT2D eigenvalue weighted by Gasteiger charge is 2.24. The SMILES string of the molecule is CCC1CCC(NC(c2ccccc2)c2ccco2)CC1. The molecule has 0 amide bonds. The van der Waals surface area contributed by atoms with Crippen molar-refractivity contribution in [2.24, 2.45) is 5.92 Å². The third-order valence-electron chi connectivity index (χ3n) is 4.79. The van der Waals surface area contributed by atoms with Crippen molar-refractivity contribution < 1.29 is 4.42 Å². The van der Waals surface area contributed by atoms with Gasteiger partial charge in [-0.1, -0.05) is 43.7 Å². The van der Waals surface area contributed by atoms with Crippen molar-refractivity contribution in [2.75, 3.05) is 0 Å². The Bertz CT molecular complexity index is 512. The maximum atomic E-state index is 5.67. The molecule has 1 N–H and O–H groups in total. The van der Waals surface area contributed by atoms with E-state index in [4.69, 9.17) is 4.42 Å². The predicted molar refractivity (Wildman–Crippen MR) is 86.2 cm³/mol. The van der Waals surface area contributed by atoms with Crippen molar-refractivity contribution in [3.63, 3.8) is 0 Å². The van der Waals surface area contributed by atoms with Gasteiger partial charge in [-0.2, -0.15) is 0 Å². The minimum absolute atomic E-state index is 0.171. The van der Waals surface area contributed by atoms with Crippen molar-refractivity contribution in [3.8, 4) is 0 Å². The van der Waals surface area contributed by atoms with Gasteiger partial charge in [-0.25, -0.2) is 0 Å². The van der Waals surface area contributed by atoms with Gasteiger partial charge in [-0.05, 0) is 49.3 Å². The Kier molecular flexibility index (Phi) is 4.76. The molecule has 112 valence electrons. The molecule has 1 aromatic carbocycles. The zero-order valence-electron chi connectivity index (χ0n) is 12.8. The molecular formula is C19H25NO. The Balaban J connectivity index is 1.72. The van der Waals surface area contributed by atoms with Gasteiger partial charge in [0.05, 0.1) is 12.3 Å². The van der Waals surface area contributed by atoms with Crippen LogP contribution in [0.1, 0.15) is 56.4 Å². The Morgan fingerprint density at radius 2 is 1.81 bits per heavy atom. The first-order chi connectivity index (χ1) is 10.4. The molecule has 2 aromatic rings. The molecule has 0 aliphatic heterocycles. The van der Waals surface area contributed by atoms with E-state index in [2.05, 4.69) is 48.6 Å². The molecule has 0 bridgehead atoms. The number of hydrogen-bond donors (Lipinski definition) is 1. The number of nitrogens with one attached hydrogen (secondary N) is 1. The van der Waals surface area contributed by atoms with E-state index in [0.717, 1.165) is 11.7 Å². The van der Waals surface area contributed by atoms with E-state index in [-0.39, 0.29) is 6.04 Å². The molecular weight excluding hydrogens is 258 g/mol. The summed E-state index contributed by atoms with van der Waals surface area (Å²) in [6.07, 6.45) is 8.36. The Morgan fingerprint density at radius 1 is 1.05 bits per heavy atom. The number of hydrogen-bond acceptors (Lipinski definition) is 2. The van der Waals surface area contributed by atoms with E-state index in [1.165, 1.54) is 37.7 Å². The summed E-state index contributed by atoms with van der Waals surface area (Å²) in [5.41, 5.74) is 1.28. The largest absolute Gasteiger partial charge is 0.467 e. The number of furan rings is 1. The van der Waals surface area contributed by atoms with Crippen molar-refractivity contribution in [3.05, 3.63) is 60.1 Å². The van der Waals surface area contributed by atoms with Crippen molar-refractivity contribution in [1.82, 2.24) is 5.32 Å². The molecule has 1 aliphatic rings. The first-order valence-corrected chi connectivity index (χ1v) is 8.21. The summed E-state index contributed by atoms with van der Waals surface area (Å²) in [4.78, 5) is 0. The van der Waals surface area contributed by atoms with Crippen molar-refractivity contribution in [2.45, 2.75) is 51.1 Å². The van der Waals surface area contributed by atoms with E-state index in [0.29, 0.717) is 6.04 Å². The summed E-state index contributed by atoms with van der Waals surface area (Å²) >= 11 is 0. The maximum Gasteiger partial charge on any atom is 0.125 e. The van der Waals surface area contributed by atoms with Crippen LogP contribution >= 0.6 is 0 Å². The minimum atomic E-state index is 0.171. The summed E-state index contributed by atoms with van der Waals surface area (Å²) < 4.78 is 5.67. The Morgan fingerprint density at radius 3 is 2.43 bits per heavy atom. The van der Waals surface area contributed by atoms with Crippen molar-refractivity contribution in [1.29, 1.82) is 0 Å². The van der Waals surface area contributed by atoms with Gasteiger partial charge in [0, 0.05) is 6.04 Å². The smallest absolute Gasteiger partial charge is 0.125 e. The third-order valence-corrected chi connectivity index (χ3v) is 4.79. The zero-order chi connectivity index (χ0) is 14.5. The van der Waals surface area contributed by atoms with Crippen LogP contribution in [0, 0.1) is 5.92 Å². The molecule has 21 heavy (non-hydrogen) atoms. The summed E-state index contributed by atoms with van der Waals surface area (Å²) in [5.74, 6) is 1.95. The summed E-state index contributed by atoms with van der Waals surface area (Å²) in [6.45, 7) is 2.31. The summed E-state index contributed by atoms with van der Waals surface area (Å²) in [7, 11) is 0. The predicted octanol–water partition coefficient (Wildman–Crippen LogP) is 4.93. The van der Waals surface area contributed by atoms with Gasteiger partial charge < -0.3 is 9.73 Å². The van der Waals surface area contributed by atoms with Gasteiger partial charge in [-0.15, -0.1) is 0 Å². The molecule has 0 radical (unpaired) electrons. The van der Waals surface area contributed by atoms with Crippen LogP contribution in [0.2, 0.25) is 0 Å². The topological polar surface area (TPSA) is 25.2 Å². The first-order valence-electron chi connectivity index (χ1n) is 8.21. The third kappa shape index (κ3) is 3.56. The number of benzene rings is 1. The molecule has 1 unspecified atom stereocenters. The van der Waals surface area contributed by atoms with Crippen LogP contribution in [0.3, 0.4) is 0 Å². The molecule has 1 saturated carbocycles.